The summed E-state index contributed by atoms with van der Waals surface area (Å²) in [5, 5.41) is 5.20. The Balaban J connectivity index is 1.81. The summed E-state index contributed by atoms with van der Waals surface area (Å²) in [4.78, 5) is 19.5. The molecule has 0 aliphatic carbocycles. The average molecular weight is 270 g/mol. The standard InChI is InChI=1S/C13H10N4OS/c18-9-11-7-15-13(19-11)12-3-5-17(16-12)8-10-2-1-4-14-6-10/h1-7,9H,8H2. The molecular weight excluding hydrogens is 260 g/mol. The highest BCUT2D eigenvalue weighted by Crippen LogP contribution is 2.22. The molecule has 3 aromatic heterocycles. The van der Waals surface area contributed by atoms with Crippen LogP contribution >= 0.6 is 11.3 Å². The highest BCUT2D eigenvalue weighted by molar-refractivity contribution is 7.16. The van der Waals surface area contributed by atoms with Crippen molar-refractivity contribution in [2.24, 2.45) is 0 Å². The summed E-state index contributed by atoms with van der Waals surface area (Å²) in [5.41, 5.74) is 1.87. The van der Waals surface area contributed by atoms with Gasteiger partial charge in [0, 0.05) is 24.8 Å². The maximum atomic E-state index is 10.6. The molecule has 3 rings (SSSR count). The molecule has 3 heterocycles. The van der Waals surface area contributed by atoms with Gasteiger partial charge < -0.3 is 0 Å². The Labute approximate surface area is 113 Å². The largest absolute Gasteiger partial charge is 0.297 e. The van der Waals surface area contributed by atoms with Gasteiger partial charge in [0.05, 0.1) is 11.4 Å². The summed E-state index contributed by atoms with van der Waals surface area (Å²) in [6.45, 7) is 0.666. The second-order valence-electron chi connectivity index (χ2n) is 3.95. The lowest BCUT2D eigenvalue weighted by atomic mass is 10.3. The molecule has 0 radical (unpaired) electrons. The molecule has 0 aliphatic rings. The van der Waals surface area contributed by atoms with Crippen LogP contribution in [0.25, 0.3) is 10.7 Å². The van der Waals surface area contributed by atoms with Crippen molar-refractivity contribution in [3.05, 3.63) is 53.4 Å². The van der Waals surface area contributed by atoms with E-state index in [1.54, 1.807) is 12.4 Å². The molecule has 19 heavy (non-hydrogen) atoms. The van der Waals surface area contributed by atoms with E-state index in [2.05, 4.69) is 15.1 Å². The predicted octanol–water partition coefficient (Wildman–Crippen LogP) is 2.26. The van der Waals surface area contributed by atoms with Gasteiger partial charge >= 0.3 is 0 Å². The van der Waals surface area contributed by atoms with Crippen molar-refractivity contribution in [3.8, 4) is 10.7 Å². The smallest absolute Gasteiger partial charge is 0.161 e. The zero-order valence-corrected chi connectivity index (χ0v) is 10.7. The summed E-state index contributed by atoms with van der Waals surface area (Å²) in [6, 6.07) is 5.79. The Morgan fingerprint density at radius 2 is 2.26 bits per heavy atom. The molecule has 5 nitrogen and oxygen atoms in total. The van der Waals surface area contributed by atoms with Crippen LogP contribution in [-0.2, 0) is 6.54 Å². The van der Waals surface area contributed by atoms with Gasteiger partial charge in [0.2, 0.25) is 0 Å². The number of aromatic nitrogens is 4. The lowest BCUT2D eigenvalue weighted by Gasteiger charge is -2.00. The molecule has 0 saturated carbocycles. The predicted molar refractivity (Wildman–Crippen MR) is 72.1 cm³/mol. The van der Waals surface area contributed by atoms with Crippen LogP contribution in [0, 0.1) is 0 Å². The van der Waals surface area contributed by atoms with Gasteiger partial charge in [-0.05, 0) is 17.7 Å². The van der Waals surface area contributed by atoms with Crippen molar-refractivity contribution in [3.63, 3.8) is 0 Å². The number of aldehydes is 1. The third kappa shape index (κ3) is 2.58. The number of pyridine rings is 1. The quantitative estimate of drug-likeness (QED) is 0.682. The molecule has 0 aliphatic heterocycles. The first-order chi connectivity index (χ1) is 9.35. The van der Waals surface area contributed by atoms with Crippen molar-refractivity contribution in [1.29, 1.82) is 0 Å². The number of carbonyl (C=O) groups is 1. The SMILES string of the molecule is O=Cc1cnc(-c2ccn(Cc3cccnc3)n2)s1. The van der Waals surface area contributed by atoms with Crippen molar-refractivity contribution in [1.82, 2.24) is 19.7 Å². The van der Waals surface area contributed by atoms with E-state index in [9.17, 15) is 4.79 Å². The van der Waals surface area contributed by atoms with Crippen LogP contribution in [0.1, 0.15) is 15.2 Å². The van der Waals surface area contributed by atoms with Crippen molar-refractivity contribution in [2.75, 3.05) is 0 Å². The van der Waals surface area contributed by atoms with Crippen LogP contribution < -0.4 is 0 Å². The Kier molecular flexibility index (Phi) is 3.16. The fraction of sp³-hybridized carbons (Fsp3) is 0.0769. The minimum Gasteiger partial charge on any atom is -0.297 e. The molecule has 0 atom stereocenters. The fourth-order valence-electron chi connectivity index (χ4n) is 1.70. The summed E-state index contributed by atoms with van der Waals surface area (Å²) in [7, 11) is 0. The van der Waals surface area contributed by atoms with E-state index in [-0.39, 0.29) is 0 Å². The molecule has 0 saturated heterocycles. The van der Waals surface area contributed by atoms with Gasteiger partial charge in [0.25, 0.3) is 0 Å². The molecule has 3 aromatic rings. The first-order valence-electron chi connectivity index (χ1n) is 5.69. The summed E-state index contributed by atoms with van der Waals surface area (Å²) >= 11 is 1.34. The highest BCUT2D eigenvalue weighted by atomic mass is 32.1. The number of rotatable bonds is 4. The second kappa shape index (κ2) is 5.11. The van der Waals surface area contributed by atoms with Gasteiger partial charge in [-0.3, -0.25) is 14.5 Å². The molecule has 0 aromatic carbocycles. The normalized spacial score (nSPS) is 10.5. The fourth-order valence-corrected chi connectivity index (χ4v) is 2.40. The van der Waals surface area contributed by atoms with E-state index in [0.717, 1.165) is 22.6 Å². The second-order valence-corrected chi connectivity index (χ2v) is 5.01. The summed E-state index contributed by atoms with van der Waals surface area (Å²) in [5.74, 6) is 0. The molecule has 0 bridgehead atoms. The Morgan fingerprint density at radius 3 is 3.00 bits per heavy atom. The zero-order chi connectivity index (χ0) is 13.1. The third-order valence-corrected chi connectivity index (χ3v) is 3.51. The van der Waals surface area contributed by atoms with Crippen LogP contribution in [0.2, 0.25) is 0 Å². The summed E-state index contributed by atoms with van der Waals surface area (Å²) in [6.07, 6.45) is 7.81. The minimum absolute atomic E-state index is 0.608. The average Bonchev–Trinajstić information content (AvgIpc) is 3.08. The highest BCUT2D eigenvalue weighted by Gasteiger charge is 2.07. The lowest BCUT2D eigenvalue weighted by Crippen LogP contribution is -2.00. The molecule has 0 spiro atoms. The number of nitrogens with zero attached hydrogens (tertiary/aromatic N) is 4. The van der Waals surface area contributed by atoms with Crippen LogP contribution in [0.15, 0.2) is 43.0 Å². The van der Waals surface area contributed by atoms with E-state index in [1.165, 1.54) is 11.3 Å². The lowest BCUT2D eigenvalue weighted by molar-refractivity contribution is 0.112. The van der Waals surface area contributed by atoms with Crippen LogP contribution in [0.5, 0.6) is 0 Å². The Bertz CT molecular complexity index is 690. The van der Waals surface area contributed by atoms with Gasteiger partial charge in [-0.25, -0.2) is 4.98 Å². The first-order valence-corrected chi connectivity index (χ1v) is 6.50. The first kappa shape index (κ1) is 11.7. The van der Waals surface area contributed by atoms with Gasteiger partial charge in [-0.2, -0.15) is 5.10 Å². The van der Waals surface area contributed by atoms with Crippen LogP contribution in [0.4, 0.5) is 0 Å². The number of hydrogen-bond donors (Lipinski definition) is 0. The van der Waals surface area contributed by atoms with Gasteiger partial charge in [0.1, 0.15) is 10.7 Å². The Morgan fingerprint density at radius 1 is 1.32 bits per heavy atom. The van der Waals surface area contributed by atoms with Gasteiger partial charge in [0.15, 0.2) is 6.29 Å². The van der Waals surface area contributed by atoms with E-state index >= 15 is 0 Å². The Hall–Kier alpha value is -2.34. The maximum Gasteiger partial charge on any atom is 0.161 e. The van der Waals surface area contributed by atoms with Crippen molar-refractivity contribution < 1.29 is 4.79 Å². The van der Waals surface area contributed by atoms with Crippen LogP contribution in [0.3, 0.4) is 0 Å². The third-order valence-electron chi connectivity index (χ3n) is 2.57. The van der Waals surface area contributed by atoms with Gasteiger partial charge in [-0.15, -0.1) is 11.3 Å². The minimum atomic E-state index is 0.608. The number of thiazole rings is 1. The van der Waals surface area contributed by atoms with Crippen molar-refractivity contribution in [2.45, 2.75) is 6.54 Å². The topological polar surface area (TPSA) is 60.7 Å². The van der Waals surface area contributed by atoms with Gasteiger partial charge in [-0.1, -0.05) is 6.07 Å². The van der Waals surface area contributed by atoms with E-state index in [1.807, 2.05) is 35.3 Å². The van der Waals surface area contributed by atoms with E-state index in [4.69, 9.17) is 0 Å². The van der Waals surface area contributed by atoms with E-state index in [0.29, 0.717) is 11.4 Å². The summed E-state index contributed by atoms with van der Waals surface area (Å²) < 4.78 is 1.83. The molecule has 0 unspecified atom stereocenters. The molecular formula is C13H10N4OS. The molecule has 94 valence electrons. The van der Waals surface area contributed by atoms with E-state index < -0.39 is 0 Å². The molecule has 0 amide bonds. The molecule has 0 fully saturated rings. The van der Waals surface area contributed by atoms with Crippen molar-refractivity contribution >= 4 is 17.6 Å². The number of hydrogen-bond acceptors (Lipinski definition) is 5. The zero-order valence-electron chi connectivity index (χ0n) is 9.93. The monoisotopic (exact) mass is 270 g/mol. The number of carbonyl (C=O) groups excluding carboxylic acids is 1. The molecule has 6 heteroatoms. The molecule has 0 N–H and O–H groups in total. The van der Waals surface area contributed by atoms with Crippen LogP contribution in [-0.4, -0.2) is 26.0 Å². The maximum absolute atomic E-state index is 10.6.